The normalized spacial score (nSPS) is 17.3. The van der Waals surface area contributed by atoms with Crippen LogP contribution in [0.15, 0.2) is 23.0 Å². The van der Waals surface area contributed by atoms with E-state index in [1.54, 1.807) is 13.0 Å². The number of fused-ring (bicyclic) bond motifs is 1. The van der Waals surface area contributed by atoms with Crippen LogP contribution < -0.4 is 10.9 Å². The van der Waals surface area contributed by atoms with Gasteiger partial charge in [-0.3, -0.25) is 28.5 Å². The number of benzene rings is 1. The first-order valence-corrected chi connectivity index (χ1v) is 11.7. The number of nitrogens with one attached hydrogen (secondary N) is 1. The van der Waals surface area contributed by atoms with Crippen LogP contribution in [0.4, 0.5) is 0 Å². The molecule has 2 aromatic rings. The predicted molar refractivity (Wildman–Crippen MR) is 111 cm³/mol. The van der Waals surface area contributed by atoms with Gasteiger partial charge in [-0.05, 0) is 44.2 Å². The van der Waals surface area contributed by atoms with Crippen LogP contribution in [-0.4, -0.2) is 42.6 Å². The summed E-state index contributed by atoms with van der Waals surface area (Å²) < 4.78 is 28.1. The fourth-order valence-corrected chi connectivity index (χ4v) is 4.15. The van der Waals surface area contributed by atoms with E-state index in [9.17, 15) is 22.8 Å². The maximum absolute atomic E-state index is 13.3. The highest BCUT2D eigenvalue weighted by molar-refractivity contribution is 7.85. The van der Waals surface area contributed by atoms with E-state index in [1.807, 2.05) is 12.1 Å². The summed E-state index contributed by atoms with van der Waals surface area (Å²) in [7, 11) is -3.43. The van der Waals surface area contributed by atoms with Crippen LogP contribution in [0.3, 0.4) is 0 Å². The first-order valence-electron chi connectivity index (χ1n) is 9.86. The van der Waals surface area contributed by atoms with E-state index >= 15 is 0 Å². The zero-order valence-corrected chi connectivity index (χ0v) is 17.8. The van der Waals surface area contributed by atoms with Gasteiger partial charge in [0.2, 0.25) is 11.8 Å². The standard InChI is InChI=1S/C20H25N3O6S/c1-13-21-15-9-6-8-14(7-4-3-5-12-29-30(2,27)28)18(15)20(26)23(13)16-10-11-17(24)22-19(16)25/h6,8-9,16H,3-5,7,10-12H2,1-2H3,(H,22,24,25). The van der Waals surface area contributed by atoms with Crippen molar-refractivity contribution in [3.05, 3.63) is 39.9 Å². The smallest absolute Gasteiger partial charge is 0.264 e. The van der Waals surface area contributed by atoms with Crippen molar-refractivity contribution in [2.75, 3.05) is 12.9 Å². The van der Waals surface area contributed by atoms with Gasteiger partial charge in [-0.2, -0.15) is 8.42 Å². The third-order valence-corrected chi connectivity index (χ3v) is 5.70. The molecular weight excluding hydrogens is 410 g/mol. The molecule has 3 rings (SSSR count). The van der Waals surface area contributed by atoms with Gasteiger partial charge in [0.15, 0.2) is 0 Å². The lowest BCUT2D eigenvalue weighted by Gasteiger charge is -2.24. The Morgan fingerprint density at radius 2 is 1.97 bits per heavy atom. The molecule has 1 N–H and O–H groups in total. The van der Waals surface area contributed by atoms with Crippen molar-refractivity contribution in [2.45, 2.75) is 51.5 Å². The highest BCUT2D eigenvalue weighted by atomic mass is 32.2. The number of piperidine rings is 1. The molecule has 1 aliphatic rings. The Kier molecular flexibility index (Phi) is 6.67. The maximum atomic E-state index is 13.3. The largest absolute Gasteiger partial charge is 0.295 e. The van der Waals surface area contributed by atoms with Crippen molar-refractivity contribution < 1.29 is 22.2 Å². The molecule has 1 aromatic heterocycles. The molecule has 1 unspecified atom stereocenters. The summed E-state index contributed by atoms with van der Waals surface area (Å²) in [6, 6.07) is 4.71. The molecular formula is C20H25N3O6S. The van der Waals surface area contributed by atoms with Gasteiger partial charge in [-0.1, -0.05) is 18.6 Å². The number of imide groups is 1. The van der Waals surface area contributed by atoms with Gasteiger partial charge in [0.05, 0.1) is 23.8 Å². The lowest BCUT2D eigenvalue weighted by molar-refractivity contribution is -0.135. The van der Waals surface area contributed by atoms with E-state index in [-0.39, 0.29) is 30.9 Å². The summed E-state index contributed by atoms with van der Waals surface area (Å²) in [5.74, 6) is -0.394. The number of rotatable bonds is 8. The van der Waals surface area contributed by atoms with E-state index < -0.39 is 22.1 Å². The van der Waals surface area contributed by atoms with Crippen LogP contribution in [0.25, 0.3) is 10.9 Å². The van der Waals surface area contributed by atoms with Crippen LogP contribution in [0, 0.1) is 6.92 Å². The lowest BCUT2D eigenvalue weighted by atomic mass is 10.0. The number of aromatic nitrogens is 2. The van der Waals surface area contributed by atoms with E-state index in [0.29, 0.717) is 29.6 Å². The Balaban J connectivity index is 1.82. The Hall–Kier alpha value is -2.59. The van der Waals surface area contributed by atoms with Gasteiger partial charge in [0, 0.05) is 6.42 Å². The third-order valence-electron chi connectivity index (χ3n) is 5.10. The molecule has 1 aromatic carbocycles. The zero-order valence-electron chi connectivity index (χ0n) is 17.0. The minimum absolute atomic E-state index is 0.136. The number of aryl methyl sites for hydroxylation is 2. The van der Waals surface area contributed by atoms with E-state index in [1.165, 1.54) is 4.57 Å². The maximum Gasteiger partial charge on any atom is 0.264 e. The molecule has 2 amide bonds. The average Bonchev–Trinajstić information content (AvgIpc) is 2.65. The summed E-state index contributed by atoms with van der Waals surface area (Å²) in [5, 5.41) is 2.76. The molecule has 1 aliphatic heterocycles. The fraction of sp³-hybridized carbons (Fsp3) is 0.500. The van der Waals surface area contributed by atoms with Crippen molar-refractivity contribution in [1.82, 2.24) is 14.9 Å². The lowest BCUT2D eigenvalue weighted by Crippen LogP contribution is -2.45. The molecule has 162 valence electrons. The summed E-state index contributed by atoms with van der Waals surface area (Å²) in [6.45, 7) is 1.82. The van der Waals surface area contributed by atoms with Crippen molar-refractivity contribution >= 4 is 32.8 Å². The molecule has 0 aliphatic carbocycles. The number of carbonyl (C=O) groups is 2. The van der Waals surface area contributed by atoms with E-state index in [0.717, 1.165) is 24.7 Å². The average molecular weight is 436 g/mol. The SMILES string of the molecule is Cc1nc2cccc(CCCCCOS(C)(=O)=O)c2c(=O)n1C1CCC(=O)NC1=O. The van der Waals surface area contributed by atoms with Gasteiger partial charge in [0.1, 0.15) is 11.9 Å². The number of amides is 2. The first kappa shape index (κ1) is 22.1. The van der Waals surface area contributed by atoms with Gasteiger partial charge >= 0.3 is 0 Å². The number of nitrogens with zero attached hydrogens (tertiary/aromatic N) is 2. The summed E-state index contributed by atoms with van der Waals surface area (Å²) in [4.78, 5) is 41.6. The molecule has 10 heteroatoms. The molecule has 0 bridgehead atoms. The molecule has 2 heterocycles. The van der Waals surface area contributed by atoms with Crippen LogP contribution in [0.1, 0.15) is 49.5 Å². The molecule has 9 nitrogen and oxygen atoms in total. The van der Waals surface area contributed by atoms with Crippen molar-refractivity contribution in [1.29, 1.82) is 0 Å². The minimum Gasteiger partial charge on any atom is -0.295 e. The Morgan fingerprint density at radius 1 is 1.20 bits per heavy atom. The fourth-order valence-electron chi connectivity index (χ4n) is 3.73. The van der Waals surface area contributed by atoms with Crippen LogP contribution in [0.2, 0.25) is 0 Å². The molecule has 30 heavy (non-hydrogen) atoms. The van der Waals surface area contributed by atoms with Gasteiger partial charge in [-0.15, -0.1) is 0 Å². The van der Waals surface area contributed by atoms with Gasteiger partial charge in [-0.25, -0.2) is 4.98 Å². The highest BCUT2D eigenvalue weighted by Crippen LogP contribution is 2.22. The number of hydrogen-bond donors (Lipinski definition) is 1. The second-order valence-corrected chi connectivity index (χ2v) is 9.09. The van der Waals surface area contributed by atoms with Crippen LogP contribution >= 0.6 is 0 Å². The van der Waals surface area contributed by atoms with Gasteiger partial charge in [0.25, 0.3) is 15.7 Å². The zero-order chi connectivity index (χ0) is 21.9. The Bertz CT molecular complexity index is 1140. The third kappa shape index (κ3) is 5.11. The van der Waals surface area contributed by atoms with Crippen molar-refractivity contribution in [3.8, 4) is 0 Å². The van der Waals surface area contributed by atoms with Crippen molar-refractivity contribution in [2.24, 2.45) is 0 Å². The van der Waals surface area contributed by atoms with Gasteiger partial charge < -0.3 is 0 Å². The first-order chi connectivity index (χ1) is 14.2. The number of unbranched alkanes of at least 4 members (excludes halogenated alkanes) is 2. The van der Waals surface area contributed by atoms with Crippen LogP contribution in [0.5, 0.6) is 0 Å². The van der Waals surface area contributed by atoms with E-state index in [4.69, 9.17) is 4.18 Å². The second kappa shape index (κ2) is 9.05. The minimum atomic E-state index is -3.43. The summed E-state index contributed by atoms with van der Waals surface area (Å²) >= 11 is 0. The van der Waals surface area contributed by atoms with Crippen LogP contribution in [-0.2, 0) is 30.3 Å². The molecule has 0 saturated carbocycles. The predicted octanol–water partition coefficient (Wildman–Crippen LogP) is 1.37. The summed E-state index contributed by atoms with van der Waals surface area (Å²) in [6.07, 6.45) is 4.16. The highest BCUT2D eigenvalue weighted by Gasteiger charge is 2.30. The topological polar surface area (TPSA) is 124 Å². The number of hydrogen-bond acceptors (Lipinski definition) is 7. The van der Waals surface area contributed by atoms with Crippen molar-refractivity contribution in [3.63, 3.8) is 0 Å². The molecule has 1 atom stereocenters. The molecule has 1 saturated heterocycles. The molecule has 1 fully saturated rings. The Labute approximate surface area is 174 Å². The molecule has 0 spiro atoms. The number of carbonyl (C=O) groups excluding carboxylic acids is 2. The molecule has 0 radical (unpaired) electrons. The van der Waals surface area contributed by atoms with E-state index in [2.05, 4.69) is 10.3 Å². The monoisotopic (exact) mass is 435 g/mol. The second-order valence-electron chi connectivity index (χ2n) is 7.45. The summed E-state index contributed by atoms with van der Waals surface area (Å²) in [5.41, 5.74) is 1.11. The Morgan fingerprint density at radius 3 is 2.67 bits per heavy atom. The quantitative estimate of drug-likeness (QED) is 0.377.